The molecular weight excluding hydrogens is 1010 g/mol. The molecule has 0 aliphatic carbocycles. The first-order valence-corrected chi connectivity index (χ1v) is 25.6. The molecule has 0 aliphatic rings. The van der Waals surface area contributed by atoms with E-state index in [-0.39, 0.29) is 266 Å². The van der Waals surface area contributed by atoms with Crippen LogP contribution in [0.1, 0.15) is 0 Å². The Labute approximate surface area is 530 Å². The topological polar surface area (TPSA) is 419 Å². The second-order valence-electron chi connectivity index (χ2n) is 10.8. The summed E-state index contributed by atoms with van der Waals surface area (Å²) >= 11 is 0. The Kier molecular flexibility index (Phi) is 65.0. The summed E-state index contributed by atoms with van der Waals surface area (Å²) in [5.41, 5.74) is 0. The van der Waals surface area contributed by atoms with Crippen molar-refractivity contribution in [2.24, 2.45) is 0 Å². The molecule has 42 heteroatoms. The molecule has 0 atom stereocenters. The molecule has 0 amide bonds. The van der Waals surface area contributed by atoms with Crippen LogP contribution in [0.2, 0.25) is 0 Å². The first-order chi connectivity index (χ1) is 21.1. The van der Waals surface area contributed by atoms with Crippen molar-refractivity contribution in [2.45, 2.75) is 0 Å². The van der Waals surface area contributed by atoms with E-state index in [0.29, 0.717) is 9.80 Å². The molecule has 9 radical (unpaired) electrons. The Morgan fingerprint density at radius 2 is 0.298 bits per heavy atom. The van der Waals surface area contributed by atoms with Crippen LogP contribution in [0.4, 0.5) is 0 Å². The van der Waals surface area contributed by atoms with E-state index in [4.69, 9.17) is 0 Å². The van der Waals surface area contributed by atoms with E-state index in [0.717, 1.165) is 14.7 Å². The summed E-state index contributed by atoms with van der Waals surface area (Å²) in [5, 5.41) is 0. The van der Waals surface area contributed by atoms with Crippen molar-refractivity contribution in [1.29, 1.82) is 0 Å². The molecule has 0 aromatic heterocycles. The summed E-state index contributed by atoms with van der Waals surface area (Å²) in [6.45, 7) is -3.65. The fraction of sp³-hybridized carbons (Fsp3) is 1.00. The zero-order valence-electron chi connectivity index (χ0n) is 34.1. The molecule has 0 aliphatic heterocycles. The fourth-order valence-corrected chi connectivity index (χ4v) is 9.86. The van der Waals surface area contributed by atoms with Crippen LogP contribution in [0.5, 0.6) is 0 Å². The second kappa shape index (κ2) is 41.3. The van der Waals surface area contributed by atoms with Crippen LogP contribution in [0.15, 0.2) is 0 Å². The summed E-state index contributed by atoms with van der Waals surface area (Å²) in [6, 6.07) is 0. The van der Waals surface area contributed by atoms with Crippen molar-refractivity contribution in [3.8, 4) is 0 Å². The summed E-state index contributed by atoms with van der Waals surface area (Å²) in [6.07, 6.45) is -7.50. The monoisotopic (exact) mass is 1050 g/mol. The predicted molar refractivity (Wildman–Crippen MR) is 218 cm³/mol. The second-order valence-corrected chi connectivity index (χ2v) is 22.1. The third kappa shape index (κ3) is 63.8. The van der Waals surface area contributed by atoms with Crippen LogP contribution in [0.3, 0.4) is 0 Å². The van der Waals surface area contributed by atoms with Crippen molar-refractivity contribution in [3.05, 3.63) is 0 Å². The molecule has 0 unspecified atom stereocenters. The zero-order chi connectivity index (χ0) is 38.0. The molecule has 0 saturated carbocycles. The maximum atomic E-state index is 11.8. The molecule has 0 fully saturated rings. The minimum absolute atomic E-state index is 0. The van der Waals surface area contributed by atoms with Crippen LogP contribution in [0.25, 0.3) is 0 Å². The quantitative estimate of drug-likeness (QED) is 0.0283. The summed E-state index contributed by atoms with van der Waals surface area (Å²) < 4.78 is 81.0. The van der Waals surface area contributed by atoms with Crippen molar-refractivity contribution < 1.29 is 100 Å². The fourth-order valence-electron chi connectivity index (χ4n) is 4.09. The minimum Gasteiger partial charge on any atom is -0.324 e. The van der Waals surface area contributed by atoms with Gasteiger partial charge < -0.3 is 68.5 Å². The third-order valence-corrected chi connectivity index (χ3v) is 11.0. The molecule has 0 bridgehead atoms. The van der Waals surface area contributed by atoms with Crippen molar-refractivity contribution in [1.82, 2.24) is 24.5 Å². The van der Waals surface area contributed by atoms with Gasteiger partial charge in [0.2, 0.25) is 0 Å². The van der Waals surface area contributed by atoms with Gasteiger partial charge in [0.15, 0.2) is 0 Å². The summed E-state index contributed by atoms with van der Waals surface area (Å²) in [5.74, 6) is 0. The van der Waals surface area contributed by atoms with Gasteiger partial charge in [-0.2, -0.15) is 0 Å². The van der Waals surface area contributed by atoms with E-state index in [1.165, 1.54) is 0 Å². The van der Waals surface area contributed by atoms with Gasteiger partial charge in [-0.3, -0.25) is 56.5 Å². The SMILES string of the molecule is O=P(O)(O)CN(CCN(CCN(CP(=O)(O)O)CP(=O)(O)O)CP(=O)(O)O)CCN(CCN(CP(=O)(O)O)CP(=O)(O)O)CP(=O)(O)O.[Na].[Na].[Na].[Na].[Na].[Na].[Na].[Na].[Na]. The van der Waals surface area contributed by atoms with Crippen molar-refractivity contribution >= 4 is 319 Å². The zero-order valence-corrected chi connectivity index (χ0v) is 58.4. The molecule has 26 nitrogen and oxygen atoms in total. The molecular formula is C15H44N5Na9O21P7. The van der Waals surface area contributed by atoms with Crippen molar-refractivity contribution in [2.75, 3.05) is 96.4 Å². The van der Waals surface area contributed by atoms with E-state index in [1.807, 2.05) is 0 Å². The normalized spacial score (nSPS) is 12.4. The smallest absolute Gasteiger partial charge is 0.324 e. The summed E-state index contributed by atoms with van der Waals surface area (Å²) in [4.78, 5) is 135. The molecule has 0 aromatic carbocycles. The number of hydrogen-bond donors (Lipinski definition) is 14. The van der Waals surface area contributed by atoms with Gasteiger partial charge >= 0.3 is 53.2 Å². The van der Waals surface area contributed by atoms with E-state index >= 15 is 0 Å². The Hall–Kier alpha value is 9.85. The number of nitrogens with zero attached hydrogens (tertiary/aromatic N) is 5. The Morgan fingerprint density at radius 1 is 0.211 bits per heavy atom. The van der Waals surface area contributed by atoms with Crippen LogP contribution < -0.4 is 0 Å². The average Bonchev–Trinajstić information content (AvgIpc) is 2.75. The molecule has 57 heavy (non-hydrogen) atoms. The van der Waals surface area contributed by atoms with Crippen molar-refractivity contribution in [3.63, 3.8) is 0 Å². The van der Waals surface area contributed by atoms with Gasteiger partial charge in [0.05, 0.1) is 0 Å². The summed E-state index contributed by atoms with van der Waals surface area (Å²) in [7, 11) is -34.0. The van der Waals surface area contributed by atoms with Gasteiger partial charge in [0, 0.05) is 318 Å². The molecule has 0 heterocycles. The molecule has 0 spiro atoms. The van der Waals surface area contributed by atoms with Gasteiger partial charge in [-0.05, 0) is 0 Å². The maximum absolute atomic E-state index is 11.8. The maximum Gasteiger partial charge on any atom is 0.339 e. The van der Waals surface area contributed by atoms with Crippen LogP contribution in [0, 0.1) is 0 Å². The van der Waals surface area contributed by atoms with Gasteiger partial charge in [-0.1, -0.05) is 0 Å². The Morgan fingerprint density at radius 3 is 0.404 bits per heavy atom. The Bertz CT molecular complexity index is 1230. The van der Waals surface area contributed by atoms with Crippen LogP contribution in [-0.4, -0.2) is 455 Å². The largest absolute Gasteiger partial charge is 0.339 e. The van der Waals surface area contributed by atoms with Gasteiger partial charge in [-0.25, -0.2) is 0 Å². The molecule has 0 saturated heterocycles. The van der Waals surface area contributed by atoms with E-state index in [9.17, 15) is 100 Å². The number of rotatable bonds is 26. The minimum atomic E-state index is -4.86. The van der Waals surface area contributed by atoms with E-state index < -0.39 is 150 Å². The van der Waals surface area contributed by atoms with Gasteiger partial charge in [-0.15, -0.1) is 0 Å². The first kappa shape index (κ1) is 89.7. The number of hydrogen-bond acceptors (Lipinski definition) is 12. The molecule has 299 valence electrons. The van der Waals surface area contributed by atoms with E-state index in [2.05, 4.69) is 0 Å². The molecule has 0 aromatic rings. The van der Waals surface area contributed by atoms with Gasteiger partial charge in [0.25, 0.3) is 0 Å². The van der Waals surface area contributed by atoms with E-state index in [1.54, 1.807) is 0 Å². The molecule has 0 rings (SSSR count). The molecule has 14 N–H and O–H groups in total. The third-order valence-electron chi connectivity index (χ3n) is 5.62. The predicted octanol–water partition coefficient (Wildman–Crippen LogP) is -6.98. The Balaban J connectivity index is -0.000000307. The van der Waals surface area contributed by atoms with Crippen LogP contribution in [-0.2, 0) is 32.0 Å². The standard InChI is InChI=1S/C15H44N5O21P7.9Na/c21-42(22,23)9-16(1-3-17(10-43(24,25)26)5-7-19(12-45(30,31)32)13-46(33,34)35)2-4-18(11-44(27,28)29)6-8-20(14-47(36,37)38)15-48(39,40)41;;;;;;;;;/h1-15H2,(H2,21,22,23)(H2,24,25,26)(H2,27,28,29)(H2,30,31,32)(H2,33,34,35)(H2,36,37,38)(H2,39,40,41);;;;;;;;;. The average molecular weight is 1050 g/mol. The van der Waals surface area contributed by atoms with Crippen LogP contribution >= 0.6 is 53.2 Å². The van der Waals surface area contributed by atoms with Gasteiger partial charge in [0.1, 0.15) is 44.0 Å². The first-order valence-electron chi connectivity index (χ1n) is 13.0.